The summed E-state index contributed by atoms with van der Waals surface area (Å²) < 4.78 is 38.9. The van der Waals surface area contributed by atoms with Gasteiger partial charge in [-0.25, -0.2) is 4.98 Å². The fourth-order valence-electron chi connectivity index (χ4n) is 3.02. The van der Waals surface area contributed by atoms with Gasteiger partial charge in [-0.15, -0.1) is 22.0 Å². The van der Waals surface area contributed by atoms with E-state index in [9.17, 15) is 18.0 Å². The van der Waals surface area contributed by atoms with E-state index in [1.165, 1.54) is 24.3 Å². The molecule has 2 aromatic carbocycles. The van der Waals surface area contributed by atoms with Gasteiger partial charge in [-0.05, 0) is 42.0 Å². The van der Waals surface area contributed by atoms with Gasteiger partial charge < -0.3 is 10.6 Å². The highest BCUT2D eigenvalue weighted by Gasteiger charge is 2.30. The van der Waals surface area contributed by atoms with Crippen molar-refractivity contribution in [2.24, 2.45) is 0 Å². The molecule has 1 amide bonds. The summed E-state index contributed by atoms with van der Waals surface area (Å²) in [7, 11) is 0. The summed E-state index contributed by atoms with van der Waals surface area (Å²) in [6.45, 7) is 1.43. The molecule has 0 saturated heterocycles. The first-order valence-electron chi connectivity index (χ1n) is 10.0. The van der Waals surface area contributed by atoms with Gasteiger partial charge in [-0.2, -0.15) is 13.2 Å². The highest BCUT2D eigenvalue weighted by molar-refractivity contribution is 7.98. The molecular formula is C23H18F3N5OS2. The molecule has 0 aliphatic heterocycles. The van der Waals surface area contributed by atoms with Crippen LogP contribution >= 0.6 is 23.1 Å². The Morgan fingerprint density at radius 3 is 2.68 bits per heavy atom. The van der Waals surface area contributed by atoms with E-state index < -0.39 is 11.7 Å². The van der Waals surface area contributed by atoms with Crippen LogP contribution in [-0.4, -0.2) is 21.1 Å². The molecule has 0 spiro atoms. The Bertz CT molecular complexity index is 1310. The van der Waals surface area contributed by atoms with Crippen LogP contribution in [0.5, 0.6) is 0 Å². The number of hydrogen-bond acceptors (Lipinski definition) is 7. The lowest BCUT2D eigenvalue weighted by Crippen LogP contribution is -2.07. The van der Waals surface area contributed by atoms with E-state index in [1.807, 2.05) is 36.4 Å². The van der Waals surface area contributed by atoms with Gasteiger partial charge in [0.15, 0.2) is 5.01 Å². The number of hydrogen-bond donors (Lipinski definition) is 2. The van der Waals surface area contributed by atoms with Crippen molar-refractivity contribution in [3.05, 3.63) is 78.0 Å². The van der Waals surface area contributed by atoms with Crippen molar-refractivity contribution in [2.75, 3.05) is 10.6 Å². The van der Waals surface area contributed by atoms with Crippen LogP contribution in [0.15, 0.2) is 71.8 Å². The predicted octanol–water partition coefficient (Wildman–Crippen LogP) is 6.61. The monoisotopic (exact) mass is 501 g/mol. The van der Waals surface area contributed by atoms with E-state index in [2.05, 4.69) is 25.8 Å². The fraction of sp³-hybridized carbons (Fsp3) is 0.130. The number of nitrogens with one attached hydrogen (secondary N) is 2. The molecule has 4 rings (SSSR count). The molecule has 2 aromatic heterocycles. The molecule has 6 nitrogen and oxygen atoms in total. The third kappa shape index (κ3) is 6.12. The molecule has 4 aromatic rings. The minimum Gasteiger partial charge on any atom is -0.330 e. The number of alkyl halides is 3. The number of rotatable bonds is 7. The van der Waals surface area contributed by atoms with Gasteiger partial charge in [0, 0.05) is 35.0 Å². The molecular weight excluding hydrogens is 483 g/mol. The molecule has 34 heavy (non-hydrogen) atoms. The Morgan fingerprint density at radius 2 is 1.88 bits per heavy atom. The number of carbonyl (C=O) groups excluding carboxylic acids is 1. The van der Waals surface area contributed by atoms with E-state index in [4.69, 9.17) is 0 Å². The minimum atomic E-state index is -4.42. The standard InChI is InChI=1S/C23H18F3N5OS2/c1-14(32)28-20-11-15(9-10-27-20)13-33-19-8-3-2-7-18(19)21-30-31-22(34-21)29-17-6-4-5-16(12-17)23(24,25)26/h2-12H,13H2,1H3,(H,29,31)(H,27,28,32). The molecule has 0 saturated carbocycles. The molecule has 0 unspecified atom stereocenters. The van der Waals surface area contributed by atoms with Crippen LogP contribution in [0, 0.1) is 0 Å². The Labute approximate surface area is 201 Å². The third-order valence-electron chi connectivity index (χ3n) is 4.51. The minimum absolute atomic E-state index is 0.187. The summed E-state index contributed by atoms with van der Waals surface area (Å²) in [4.78, 5) is 16.4. The lowest BCUT2D eigenvalue weighted by Gasteiger charge is -2.09. The number of benzene rings is 2. The lowest BCUT2D eigenvalue weighted by atomic mass is 10.2. The van der Waals surface area contributed by atoms with Crippen molar-refractivity contribution in [1.82, 2.24) is 15.2 Å². The van der Waals surface area contributed by atoms with Gasteiger partial charge in [0.05, 0.1) is 5.56 Å². The Balaban J connectivity index is 1.49. The zero-order valence-corrected chi connectivity index (χ0v) is 19.4. The van der Waals surface area contributed by atoms with Crippen molar-refractivity contribution < 1.29 is 18.0 Å². The Morgan fingerprint density at radius 1 is 1.06 bits per heavy atom. The number of aromatic nitrogens is 3. The zero-order chi connectivity index (χ0) is 24.1. The van der Waals surface area contributed by atoms with Gasteiger partial charge in [-0.1, -0.05) is 35.6 Å². The van der Waals surface area contributed by atoms with Crippen LogP contribution in [0.25, 0.3) is 10.6 Å². The molecule has 0 aliphatic rings. The third-order valence-corrected chi connectivity index (χ3v) is 6.52. The zero-order valence-electron chi connectivity index (χ0n) is 17.8. The number of nitrogens with zero attached hydrogens (tertiary/aromatic N) is 3. The molecule has 2 heterocycles. The van der Waals surface area contributed by atoms with Crippen LogP contribution in [0.4, 0.5) is 29.8 Å². The second-order valence-electron chi connectivity index (χ2n) is 7.13. The van der Waals surface area contributed by atoms with Crippen molar-refractivity contribution in [3.8, 4) is 10.6 Å². The SMILES string of the molecule is CC(=O)Nc1cc(CSc2ccccc2-c2nnc(Nc3cccc(C(F)(F)F)c3)s2)ccn1. The van der Waals surface area contributed by atoms with Gasteiger partial charge >= 0.3 is 6.18 Å². The number of amides is 1. The quantitative estimate of drug-likeness (QED) is 0.277. The van der Waals surface area contributed by atoms with Gasteiger partial charge in [0.2, 0.25) is 11.0 Å². The maximum Gasteiger partial charge on any atom is 0.416 e. The Hall–Kier alpha value is -3.44. The van der Waals surface area contributed by atoms with E-state index >= 15 is 0 Å². The average molecular weight is 502 g/mol. The van der Waals surface area contributed by atoms with Crippen molar-refractivity contribution >= 4 is 45.6 Å². The van der Waals surface area contributed by atoms with Crippen LogP contribution in [0.3, 0.4) is 0 Å². The summed E-state index contributed by atoms with van der Waals surface area (Å²) in [5, 5.41) is 14.9. The molecule has 2 N–H and O–H groups in total. The molecule has 11 heteroatoms. The van der Waals surface area contributed by atoms with Crippen molar-refractivity contribution in [2.45, 2.75) is 23.7 Å². The van der Waals surface area contributed by atoms with Gasteiger partial charge in [0.25, 0.3) is 0 Å². The van der Waals surface area contributed by atoms with Gasteiger partial charge in [-0.3, -0.25) is 4.79 Å². The van der Waals surface area contributed by atoms with E-state index in [1.54, 1.807) is 24.0 Å². The second kappa shape index (κ2) is 10.2. The summed E-state index contributed by atoms with van der Waals surface area (Å²) in [5.41, 5.74) is 1.41. The molecule has 0 radical (unpaired) electrons. The molecule has 174 valence electrons. The van der Waals surface area contributed by atoms with E-state index in [-0.39, 0.29) is 11.6 Å². The molecule has 0 aliphatic carbocycles. The summed E-state index contributed by atoms with van der Waals surface area (Å²) in [6.07, 6.45) is -2.78. The van der Waals surface area contributed by atoms with Crippen LogP contribution in [0.2, 0.25) is 0 Å². The topological polar surface area (TPSA) is 79.8 Å². The van der Waals surface area contributed by atoms with Crippen molar-refractivity contribution in [3.63, 3.8) is 0 Å². The number of carbonyl (C=O) groups is 1. The smallest absolute Gasteiger partial charge is 0.330 e. The lowest BCUT2D eigenvalue weighted by molar-refractivity contribution is -0.137. The average Bonchev–Trinajstić information content (AvgIpc) is 3.25. The highest BCUT2D eigenvalue weighted by atomic mass is 32.2. The summed E-state index contributed by atoms with van der Waals surface area (Å²) >= 11 is 2.85. The van der Waals surface area contributed by atoms with Crippen LogP contribution in [-0.2, 0) is 16.7 Å². The van der Waals surface area contributed by atoms with Crippen LogP contribution < -0.4 is 10.6 Å². The predicted molar refractivity (Wildman–Crippen MR) is 128 cm³/mol. The first kappa shape index (κ1) is 23.7. The normalized spacial score (nSPS) is 11.3. The molecule has 0 fully saturated rings. The largest absolute Gasteiger partial charge is 0.416 e. The number of halogens is 3. The van der Waals surface area contributed by atoms with E-state index in [0.717, 1.165) is 28.2 Å². The summed E-state index contributed by atoms with van der Waals surface area (Å²) in [6, 6.07) is 16.3. The van der Waals surface area contributed by atoms with Crippen LogP contribution in [0.1, 0.15) is 18.1 Å². The maximum absolute atomic E-state index is 13.0. The van der Waals surface area contributed by atoms with Gasteiger partial charge in [0.1, 0.15) is 5.82 Å². The second-order valence-corrected chi connectivity index (χ2v) is 9.13. The first-order valence-corrected chi connectivity index (χ1v) is 11.8. The fourth-order valence-corrected chi connectivity index (χ4v) is 4.89. The Kier molecular flexibility index (Phi) is 7.13. The number of pyridine rings is 1. The highest BCUT2D eigenvalue weighted by Crippen LogP contribution is 2.37. The number of thioether (sulfide) groups is 1. The maximum atomic E-state index is 13.0. The van der Waals surface area contributed by atoms with Crippen molar-refractivity contribution in [1.29, 1.82) is 0 Å². The summed E-state index contributed by atoms with van der Waals surface area (Å²) in [5.74, 6) is 0.946. The van der Waals surface area contributed by atoms with E-state index in [0.29, 0.717) is 21.7 Å². The first-order chi connectivity index (χ1) is 16.3. The number of anilines is 3. The molecule has 0 atom stereocenters. The molecule has 0 bridgehead atoms.